The van der Waals surface area contributed by atoms with E-state index in [0.29, 0.717) is 11.4 Å². The van der Waals surface area contributed by atoms with Crippen molar-refractivity contribution in [2.24, 2.45) is 0 Å². The van der Waals surface area contributed by atoms with Crippen LogP contribution in [0.3, 0.4) is 0 Å². The number of esters is 1. The number of carbonyl (C=O) groups is 1. The predicted octanol–water partition coefficient (Wildman–Crippen LogP) is 0.973. The van der Waals surface area contributed by atoms with E-state index in [1.54, 1.807) is 18.2 Å². The van der Waals surface area contributed by atoms with Crippen LogP contribution in [0.15, 0.2) is 35.1 Å². The van der Waals surface area contributed by atoms with Gasteiger partial charge in [0.15, 0.2) is 0 Å². The first-order valence-corrected chi connectivity index (χ1v) is 4.78. The number of rotatable bonds is 2. The molecule has 1 unspecified atom stereocenters. The van der Waals surface area contributed by atoms with Gasteiger partial charge in [-0.1, -0.05) is 17.7 Å². The summed E-state index contributed by atoms with van der Waals surface area (Å²) in [6.07, 6.45) is -1.45. The zero-order valence-electron chi connectivity index (χ0n) is 8.01. The minimum atomic E-state index is -1.45. The number of nitrogen functional groups attached to an aromatic ring is 1. The zero-order chi connectivity index (χ0) is 11.7. The molecule has 2 rings (SSSR count). The van der Waals surface area contributed by atoms with Crippen LogP contribution < -0.4 is 10.5 Å². The lowest BCUT2D eigenvalue weighted by atomic mass is 10.3. The molecular weight excluding hydrogens is 234 g/mol. The average Bonchev–Trinajstić information content (AvgIpc) is 2.45. The monoisotopic (exact) mass is 241 g/mol. The zero-order valence-corrected chi connectivity index (χ0v) is 8.77. The highest BCUT2D eigenvalue weighted by atomic mass is 35.5. The maximum Gasteiger partial charge on any atom is 0.378 e. The smallest absolute Gasteiger partial charge is 0.378 e. The van der Waals surface area contributed by atoms with Crippen LogP contribution in [0.2, 0.25) is 0 Å². The molecule has 0 aromatic heterocycles. The molecular formula is C10H8ClNO4. The molecule has 1 aliphatic heterocycles. The van der Waals surface area contributed by atoms with Crippen molar-refractivity contribution in [2.45, 2.75) is 6.29 Å². The van der Waals surface area contributed by atoms with E-state index in [0.717, 1.165) is 0 Å². The SMILES string of the molecule is Nc1cccc(OC2=C(Cl)C(O)OC2=O)c1. The lowest BCUT2D eigenvalue weighted by molar-refractivity contribution is -0.153. The number of hydrogen-bond acceptors (Lipinski definition) is 5. The molecule has 0 saturated heterocycles. The van der Waals surface area contributed by atoms with Crippen molar-refractivity contribution in [3.63, 3.8) is 0 Å². The molecule has 5 nitrogen and oxygen atoms in total. The molecule has 0 saturated carbocycles. The van der Waals surface area contributed by atoms with Gasteiger partial charge >= 0.3 is 5.97 Å². The Labute approximate surface area is 96.0 Å². The standard InChI is InChI=1S/C10H8ClNO4/c11-7-8(10(14)16-9(7)13)15-6-3-1-2-5(12)4-6/h1-4,9,13H,12H2. The summed E-state index contributed by atoms with van der Waals surface area (Å²) in [5.41, 5.74) is 6.02. The minimum Gasteiger partial charge on any atom is -0.448 e. The fourth-order valence-corrected chi connectivity index (χ4v) is 1.36. The van der Waals surface area contributed by atoms with Gasteiger partial charge in [0.1, 0.15) is 10.8 Å². The predicted molar refractivity (Wildman–Crippen MR) is 56.5 cm³/mol. The summed E-state index contributed by atoms with van der Waals surface area (Å²) in [7, 11) is 0. The van der Waals surface area contributed by atoms with E-state index in [1.165, 1.54) is 6.07 Å². The molecule has 1 aromatic rings. The van der Waals surface area contributed by atoms with E-state index in [4.69, 9.17) is 27.2 Å². The Balaban J connectivity index is 2.25. The first-order valence-electron chi connectivity index (χ1n) is 4.40. The van der Waals surface area contributed by atoms with Crippen molar-refractivity contribution in [1.82, 2.24) is 0 Å². The Morgan fingerprint density at radius 1 is 1.50 bits per heavy atom. The molecule has 1 aliphatic rings. The van der Waals surface area contributed by atoms with Crippen molar-refractivity contribution in [2.75, 3.05) is 5.73 Å². The van der Waals surface area contributed by atoms with E-state index in [2.05, 4.69) is 4.74 Å². The van der Waals surface area contributed by atoms with Gasteiger partial charge in [0.25, 0.3) is 0 Å². The summed E-state index contributed by atoms with van der Waals surface area (Å²) in [6, 6.07) is 6.46. The van der Waals surface area contributed by atoms with Crippen molar-refractivity contribution in [1.29, 1.82) is 0 Å². The molecule has 1 atom stereocenters. The average molecular weight is 242 g/mol. The van der Waals surface area contributed by atoms with Crippen molar-refractivity contribution >= 4 is 23.3 Å². The van der Waals surface area contributed by atoms with Crippen molar-refractivity contribution < 1.29 is 19.4 Å². The first-order chi connectivity index (χ1) is 7.58. The third-order valence-corrected chi connectivity index (χ3v) is 2.27. The molecule has 1 heterocycles. The number of carbonyl (C=O) groups excluding carboxylic acids is 1. The number of halogens is 1. The molecule has 0 fully saturated rings. The second kappa shape index (κ2) is 4.03. The number of hydrogen-bond donors (Lipinski definition) is 2. The van der Waals surface area contributed by atoms with Gasteiger partial charge in [-0.3, -0.25) is 0 Å². The number of ether oxygens (including phenoxy) is 2. The number of nitrogens with two attached hydrogens (primary N) is 1. The molecule has 0 aliphatic carbocycles. The van der Waals surface area contributed by atoms with E-state index in [9.17, 15) is 4.79 Å². The van der Waals surface area contributed by atoms with E-state index >= 15 is 0 Å². The molecule has 84 valence electrons. The molecule has 0 bridgehead atoms. The maximum absolute atomic E-state index is 11.2. The van der Waals surface area contributed by atoms with Gasteiger partial charge in [0, 0.05) is 11.8 Å². The number of cyclic esters (lactones) is 1. The lowest BCUT2D eigenvalue weighted by Gasteiger charge is -2.04. The number of aliphatic hydroxyl groups excluding tert-OH is 1. The van der Waals surface area contributed by atoms with Gasteiger partial charge in [-0.05, 0) is 12.1 Å². The Hall–Kier alpha value is -1.72. The van der Waals surface area contributed by atoms with Crippen molar-refractivity contribution in [3.05, 3.63) is 35.1 Å². The van der Waals surface area contributed by atoms with Crippen LogP contribution in [-0.2, 0) is 9.53 Å². The molecule has 1 aromatic carbocycles. The molecule has 16 heavy (non-hydrogen) atoms. The highest BCUT2D eigenvalue weighted by Gasteiger charge is 2.34. The van der Waals surface area contributed by atoms with Gasteiger partial charge in [-0.2, -0.15) is 0 Å². The number of aliphatic hydroxyl groups is 1. The highest BCUT2D eigenvalue weighted by Crippen LogP contribution is 2.27. The number of benzene rings is 1. The normalized spacial score (nSPS) is 19.9. The second-order valence-corrected chi connectivity index (χ2v) is 3.52. The minimum absolute atomic E-state index is 0.174. The molecule has 3 N–H and O–H groups in total. The Morgan fingerprint density at radius 3 is 2.81 bits per heavy atom. The first kappa shape index (κ1) is 10.8. The lowest BCUT2D eigenvalue weighted by Crippen LogP contribution is -2.09. The van der Waals surface area contributed by atoms with Crippen LogP contribution in [0.4, 0.5) is 5.69 Å². The van der Waals surface area contributed by atoms with Gasteiger partial charge < -0.3 is 20.3 Å². The van der Waals surface area contributed by atoms with Gasteiger partial charge in [0.2, 0.25) is 12.0 Å². The van der Waals surface area contributed by atoms with Gasteiger partial charge in [0.05, 0.1) is 0 Å². The Morgan fingerprint density at radius 2 is 2.25 bits per heavy atom. The van der Waals surface area contributed by atoms with E-state index in [-0.39, 0.29) is 10.8 Å². The summed E-state index contributed by atoms with van der Waals surface area (Å²) >= 11 is 5.64. The van der Waals surface area contributed by atoms with Crippen molar-refractivity contribution in [3.8, 4) is 5.75 Å². The number of anilines is 1. The van der Waals surface area contributed by atoms with Crippen LogP contribution in [0.1, 0.15) is 0 Å². The summed E-state index contributed by atoms with van der Waals surface area (Å²) in [6.45, 7) is 0. The quantitative estimate of drug-likeness (QED) is 0.596. The Bertz CT molecular complexity index is 472. The summed E-state index contributed by atoms with van der Waals surface area (Å²) in [5.74, 6) is -0.682. The van der Waals surface area contributed by atoms with Gasteiger partial charge in [-0.15, -0.1) is 0 Å². The molecule has 0 amide bonds. The summed E-state index contributed by atoms with van der Waals surface area (Å²) in [4.78, 5) is 11.2. The highest BCUT2D eigenvalue weighted by molar-refractivity contribution is 6.32. The van der Waals surface area contributed by atoms with Crippen LogP contribution in [0, 0.1) is 0 Å². The summed E-state index contributed by atoms with van der Waals surface area (Å²) in [5, 5.41) is 8.96. The van der Waals surface area contributed by atoms with Crippen LogP contribution in [0.5, 0.6) is 5.75 Å². The van der Waals surface area contributed by atoms with Crippen LogP contribution in [0.25, 0.3) is 0 Å². The second-order valence-electron chi connectivity index (χ2n) is 3.11. The maximum atomic E-state index is 11.2. The van der Waals surface area contributed by atoms with E-state index in [1.807, 2.05) is 0 Å². The van der Waals surface area contributed by atoms with Gasteiger partial charge in [-0.25, -0.2) is 4.79 Å². The fraction of sp³-hybridized carbons (Fsp3) is 0.100. The Kier molecular flexibility index (Phi) is 2.72. The fourth-order valence-electron chi connectivity index (χ4n) is 1.20. The summed E-state index contributed by atoms with van der Waals surface area (Å²) < 4.78 is 9.63. The molecule has 0 spiro atoms. The third-order valence-electron chi connectivity index (χ3n) is 1.92. The topological polar surface area (TPSA) is 81.8 Å². The molecule has 0 radical (unpaired) electrons. The largest absolute Gasteiger partial charge is 0.448 e. The van der Waals surface area contributed by atoms with Crippen LogP contribution >= 0.6 is 11.6 Å². The van der Waals surface area contributed by atoms with E-state index < -0.39 is 12.3 Å². The molecule has 6 heteroatoms. The van der Waals surface area contributed by atoms with Crippen LogP contribution in [-0.4, -0.2) is 17.4 Å². The third kappa shape index (κ3) is 1.95.